The van der Waals surface area contributed by atoms with Crippen LogP contribution in [-0.2, 0) is 6.54 Å². The number of hydrogen-bond acceptors (Lipinski definition) is 4. The van der Waals surface area contributed by atoms with Crippen molar-refractivity contribution >= 4 is 0 Å². The molecule has 4 heteroatoms. The fourth-order valence-corrected chi connectivity index (χ4v) is 2.29. The predicted molar refractivity (Wildman–Crippen MR) is 64.0 cm³/mol. The van der Waals surface area contributed by atoms with E-state index in [1.165, 1.54) is 12.8 Å². The zero-order valence-electron chi connectivity index (χ0n) is 9.89. The molecule has 1 aliphatic heterocycles. The highest BCUT2D eigenvalue weighted by molar-refractivity contribution is 4.95. The average molecular weight is 220 g/mol. The third-order valence-electron chi connectivity index (χ3n) is 3.21. The van der Waals surface area contributed by atoms with Gasteiger partial charge in [0.2, 0.25) is 0 Å². The fourth-order valence-electron chi connectivity index (χ4n) is 2.29. The van der Waals surface area contributed by atoms with Crippen LogP contribution in [0.3, 0.4) is 0 Å². The van der Waals surface area contributed by atoms with Gasteiger partial charge in [-0.3, -0.25) is 14.9 Å². The van der Waals surface area contributed by atoms with E-state index in [0.717, 1.165) is 31.9 Å². The Hall–Kier alpha value is -1.00. The third-order valence-corrected chi connectivity index (χ3v) is 3.21. The molecular weight excluding hydrogens is 200 g/mol. The van der Waals surface area contributed by atoms with Gasteiger partial charge in [0, 0.05) is 31.2 Å². The lowest BCUT2D eigenvalue weighted by Crippen LogP contribution is -2.42. The van der Waals surface area contributed by atoms with E-state index in [-0.39, 0.29) is 0 Å². The van der Waals surface area contributed by atoms with Crippen molar-refractivity contribution in [1.82, 2.24) is 20.2 Å². The van der Waals surface area contributed by atoms with E-state index in [1.807, 2.05) is 6.20 Å². The van der Waals surface area contributed by atoms with E-state index in [2.05, 4.69) is 27.1 Å². The molecule has 0 aromatic carbocycles. The molecule has 1 aromatic rings. The largest absolute Gasteiger partial charge is 0.317 e. The van der Waals surface area contributed by atoms with Gasteiger partial charge in [-0.25, -0.2) is 0 Å². The predicted octanol–water partition coefficient (Wildman–Crippen LogP) is 1.05. The highest BCUT2D eigenvalue weighted by atomic mass is 15.2. The normalized spacial score (nSPS) is 17.9. The lowest BCUT2D eigenvalue weighted by atomic mass is 10.0. The monoisotopic (exact) mass is 220 g/mol. The Morgan fingerprint density at radius 3 is 2.81 bits per heavy atom. The molecule has 4 nitrogen and oxygen atoms in total. The summed E-state index contributed by atoms with van der Waals surface area (Å²) in [4.78, 5) is 11.0. The minimum Gasteiger partial charge on any atom is -0.317 e. The van der Waals surface area contributed by atoms with E-state index in [4.69, 9.17) is 0 Å². The van der Waals surface area contributed by atoms with Gasteiger partial charge in [0.1, 0.15) is 0 Å². The Bertz CT molecular complexity index is 295. The maximum absolute atomic E-state index is 4.34. The van der Waals surface area contributed by atoms with Crippen molar-refractivity contribution in [2.75, 3.05) is 19.6 Å². The molecule has 1 N–H and O–H groups in total. The van der Waals surface area contributed by atoms with Crippen LogP contribution in [0.4, 0.5) is 0 Å². The Balaban J connectivity index is 1.94. The van der Waals surface area contributed by atoms with Crippen molar-refractivity contribution in [3.63, 3.8) is 0 Å². The van der Waals surface area contributed by atoms with Gasteiger partial charge in [-0.15, -0.1) is 0 Å². The Morgan fingerprint density at radius 1 is 1.38 bits per heavy atom. The molecule has 1 fully saturated rings. The zero-order chi connectivity index (χ0) is 11.2. The van der Waals surface area contributed by atoms with Gasteiger partial charge in [0.25, 0.3) is 0 Å². The van der Waals surface area contributed by atoms with Crippen LogP contribution in [0.1, 0.15) is 25.5 Å². The molecule has 1 aliphatic rings. The molecule has 0 atom stereocenters. The van der Waals surface area contributed by atoms with Crippen LogP contribution in [0.25, 0.3) is 0 Å². The van der Waals surface area contributed by atoms with Crippen LogP contribution < -0.4 is 5.32 Å². The van der Waals surface area contributed by atoms with Crippen molar-refractivity contribution in [3.05, 3.63) is 24.3 Å². The average Bonchev–Trinajstić information content (AvgIpc) is 2.38. The summed E-state index contributed by atoms with van der Waals surface area (Å²) < 4.78 is 0. The third kappa shape index (κ3) is 3.00. The van der Waals surface area contributed by atoms with Gasteiger partial charge in [-0.2, -0.15) is 0 Å². The molecule has 2 heterocycles. The van der Waals surface area contributed by atoms with Gasteiger partial charge >= 0.3 is 0 Å². The van der Waals surface area contributed by atoms with Crippen LogP contribution in [-0.4, -0.2) is 40.5 Å². The van der Waals surface area contributed by atoms with E-state index >= 15 is 0 Å². The van der Waals surface area contributed by atoms with Crippen molar-refractivity contribution < 1.29 is 0 Å². The highest BCUT2D eigenvalue weighted by Crippen LogP contribution is 2.13. The summed E-state index contributed by atoms with van der Waals surface area (Å²) in [6.07, 6.45) is 7.85. The molecule has 0 aliphatic carbocycles. The van der Waals surface area contributed by atoms with Crippen molar-refractivity contribution in [3.8, 4) is 0 Å². The van der Waals surface area contributed by atoms with Crippen LogP contribution in [0.15, 0.2) is 18.6 Å². The second kappa shape index (κ2) is 5.92. The molecular formula is C12H20N4. The summed E-state index contributed by atoms with van der Waals surface area (Å²) in [5.74, 6) is 0. The molecule has 1 saturated heterocycles. The lowest BCUT2D eigenvalue weighted by Gasteiger charge is -2.33. The van der Waals surface area contributed by atoms with Crippen LogP contribution in [0.2, 0.25) is 0 Å². The van der Waals surface area contributed by atoms with E-state index in [1.54, 1.807) is 12.4 Å². The quantitative estimate of drug-likeness (QED) is 0.823. The molecule has 1 aromatic heterocycles. The Morgan fingerprint density at radius 2 is 2.19 bits per heavy atom. The van der Waals surface area contributed by atoms with E-state index < -0.39 is 0 Å². The molecule has 0 saturated carbocycles. The van der Waals surface area contributed by atoms with Crippen molar-refractivity contribution in [1.29, 1.82) is 0 Å². The van der Waals surface area contributed by atoms with Gasteiger partial charge in [0.05, 0.1) is 5.69 Å². The van der Waals surface area contributed by atoms with Crippen LogP contribution >= 0.6 is 0 Å². The molecule has 16 heavy (non-hydrogen) atoms. The van der Waals surface area contributed by atoms with Gasteiger partial charge in [0.15, 0.2) is 0 Å². The summed E-state index contributed by atoms with van der Waals surface area (Å²) in [6, 6.07) is 0.702. The maximum atomic E-state index is 4.34. The molecule has 88 valence electrons. The Labute approximate surface area is 97.1 Å². The molecule has 2 rings (SSSR count). The highest BCUT2D eigenvalue weighted by Gasteiger charge is 2.19. The lowest BCUT2D eigenvalue weighted by molar-refractivity contribution is 0.160. The first-order valence-electron chi connectivity index (χ1n) is 6.10. The molecule has 0 unspecified atom stereocenters. The molecule has 0 bridgehead atoms. The summed E-state index contributed by atoms with van der Waals surface area (Å²) in [5.41, 5.74) is 1.07. The number of piperidine rings is 1. The number of nitrogens with zero attached hydrogens (tertiary/aromatic N) is 3. The Kier molecular flexibility index (Phi) is 4.25. The van der Waals surface area contributed by atoms with E-state index in [9.17, 15) is 0 Å². The summed E-state index contributed by atoms with van der Waals surface area (Å²) >= 11 is 0. The number of rotatable bonds is 4. The smallest absolute Gasteiger partial charge is 0.0726 e. The van der Waals surface area contributed by atoms with Gasteiger partial charge < -0.3 is 5.32 Å². The fraction of sp³-hybridized carbons (Fsp3) is 0.667. The minimum atomic E-state index is 0.702. The summed E-state index contributed by atoms with van der Waals surface area (Å²) in [5, 5.41) is 3.40. The van der Waals surface area contributed by atoms with E-state index in [0.29, 0.717) is 6.04 Å². The van der Waals surface area contributed by atoms with Crippen molar-refractivity contribution in [2.24, 2.45) is 0 Å². The second-order valence-electron chi connectivity index (χ2n) is 4.24. The first-order chi connectivity index (χ1) is 7.90. The summed E-state index contributed by atoms with van der Waals surface area (Å²) in [7, 11) is 0. The second-order valence-corrected chi connectivity index (χ2v) is 4.24. The number of nitrogens with one attached hydrogen (secondary N) is 1. The molecule has 0 radical (unpaired) electrons. The summed E-state index contributed by atoms with van der Waals surface area (Å²) in [6.45, 7) is 6.51. The zero-order valence-corrected chi connectivity index (χ0v) is 9.89. The topological polar surface area (TPSA) is 41.1 Å². The number of hydrogen-bond donors (Lipinski definition) is 1. The first kappa shape index (κ1) is 11.5. The molecule has 0 amide bonds. The first-order valence-corrected chi connectivity index (χ1v) is 6.10. The number of aromatic nitrogens is 2. The van der Waals surface area contributed by atoms with Crippen molar-refractivity contribution in [2.45, 2.75) is 32.4 Å². The van der Waals surface area contributed by atoms with Crippen LogP contribution in [0.5, 0.6) is 0 Å². The maximum Gasteiger partial charge on any atom is 0.0726 e. The SMILES string of the molecule is CCN(Cc1cnccn1)C1CCNCC1. The standard InChI is InChI=1S/C12H20N4/c1-2-16(12-3-5-13-6-4-12)10-11-9-14-7-8-15-11/h7-9,12-13H,2-6,10H2,1H3. The van der Waals surface area contributed by atoms with Gasteiger partial charge in [-0.1, -0.05) is 6.92 Å². The van der Waals surface area contributed by atoms with Gasteiger partial charge in [-0.05, 0) is 32.5 Å². The molecule has 0 spiro atoms. The van der Waals surface area contributed by atoms with Crippen LogP contribution in [0, 0.1) is 0 Å². The minimum absolute atomic E-state index is 0.702.